The van der Waals surface area contributed by atoms with Crippen LogP contribution in [0.1, 0.15) is 37.8 Å². The molecule has 110 valence electrons. The Kier molecular flexibility index (Phi) is 3.19. The maximum absolute atomic E-state index is 13.5. The van der Waals surface area contributed by atoms with E-state index in [0.29, 0.717) is 12.8 Å². The van der Waals surface area contributed by atoms with E-state index >= 15 is 0 Å². The Bertz CT molecular complexity index is 533. The molecule has 8 heteroatoms. The fourth-order valence-electron chi connectivity index (χ4n) is 2.77. The Morgan fingerprint density at radius 2 is 1.95 bits per heavy atom. The van der Waals surface area contributed by atoms with Crippen molar-refractivity contribution in [3.63, 3.8) is 0 Å². The molecule has 1 saturated heterocycles. The lowest BCUT2D eigenvalue weighted by atomic mass is 9.96. The largest absolute Gasteiger partial charge is 0.349 e. The number of rotatable bonds is 2. The van der Waals surface area contributed by atoms with Gasteiger partial charge in [0.05, 0.1) is 6.20 Å². The summed E-state index contributed by atoms with van der Waals surface area (Å²) in [5.74, 6) is -2.42. The summed E-state index contributed by atoms with van der Waals surface area (Å²) in [4.78, 5) is 9.47. The molecule has 1 spiro atoms. The van der Waals surface area contributed by atoms with Crippen LogP contribution in [0.25, 0.3) is 0 Å². The van der Waals surface area contributed by atoms with Crippen molar-refractivity contribution in [3.05, 3.63) is 16.5 Å². The fraction of sp³-hybridized carbons (Fsp3) is 0.667. The van der Waals surface area contributed by atoms with Crippen LogP contribution in [0, 0.1) is 0 Å². The quantitative estimate of drug-likeness (QED) is 0.754. The van der Waals surface area contributed by atoms with E-state index in [1.165, 1.54) is 6.20 Å². The molecule has 0 atom stereocenters. The Hall–Kier alpha value is -0.920. The van der Waals surface area contributed by atoms with Crippen molar-refractivity contribution >= 4 is 21.7 Å². The van der Waals surface area contributed by atoms with E-state index in [1.54, 1.807) is 4.90 Å². The van der Waals surface area contributed by atoms with Crippen LogP contribution in [-0.2, 0) is 0 Å². The summed E-state index contributed by atoms with van der Waals surface area (Å²) in [6, 6.07) is 0. The minimum atomic E-state index is -2.75. The molecule has 1 aliphatic carbocycles. The Morgan fingerprint density at radius 1 is 1.25 bits per heavy atom. The molecule has 2 aliphatic rings. The number of hydrogen-bond acceptors (Lipinski definition) is 3. The van der Waals surface area contributed by atoms with Crippen molar-refractivity contribution < 1.29 is 17.6 Å². The Labute approximate surface area is 121 Å². The first-order valence-corrected chi connectivity index (χ1v) is 7.08. The van der Waals surface area contributed by atoms with Gasteiger partial charge in [0.1, 0.15) is 16.1 Å². The summed E-state index contributed by atoms with van der Waals surface area (Å²) >= 11 is 2.93. The zero-order valence-corrected chi connectivity index (χ0v) is 12.0. The third kappa shape index (κ3) is 2.38. The summed E-state index contributed by atoms with van der Waals surface area (Å²) < 4.78 is 52.7. The van der Waals surface area contributed by atoms with Gasteiger partial charge in [0.15, 0.2) is 0 Å². The molecule has 3 rings (SSSR count). The molecule has 0 N–H and O–H groups in total. The highest BCUT2D eigenvalue weighted by atomic mass is 79.9. The first-order valence-electron chi connectivity index (χ1n) is 6.29. The SMILES string of the molecule is FC(F)c1nc(N2CCC(F)(F)CC23CC3)cnc1Br. The van der Waals surface area contributed by atoms with Crippen molar-refractivity contribution in [2.24, 2.45) is 0 Å². The monoisotopic (exact) mass is 353 g/mol. The molecular weight excluding hydrogens is 342 g/mol. The number of piperidine rings is 1. The van der Waals surface area contributed by atoms with E-state index < -0.39 is 23.6 Å². The van der Waals surface area contributed by atoms with Crippen LogP contribution in [0.2, 0.25) is 0 Å². The van der Waals surface area contributed by atoms with Gasteiger partial charge in [0, 0.05) is 24.9 Å². The van der Waals surface area contributed by atoms with Gasteiger partial charge in [-0.05, 0) is 28.8 Å². The van der Waals surface area contributed by atoms with Gasteiger partial charge < -0.3 is 4.90 Å². The van der Waals surface area contributed by atoms with Crippen LogP contribution in [0.15, 0.2) is 10.8 Å². The predicted molar refractivity (Wildman–Crippen MR) is 68.2 cm³/mol. The molecule has 3 nitrogen and oxygen atoms in total. The number of hydrogen-bond donors (Lipinski definition) is 0. The summed E-state index contributed by atoms with van der Waals surface area (Å²) in [5, 5.41) is 0. The predicted octanol–water partition coefficient (Wildman–Crippen LogP) is 3.94. The van der Waals surface area contributed by atoms with Crippen molar-refractivity contribution in [2.75, 3.05) is 11.4 Å². The fourth-order valence-corrected chi connectivity index (χ4v) is 3.14. The molecule has 1 saturated carbocycles. The average Bonchev–Trinajstić information content (AvgIpc) is 3.09. The first kappa shape index (κ1) is 14.0. The second-order valence-electron chi connectivity index (χ2n) is 5.36. The lowest BCUT2D eigenvalue weighted by molar-refractivity contribution is -0.0375. The molecule has 2 fully saturated rings. The topological polar surface area (TPSA) is 29.0 Å². The lowest BCUT2D eigenvalue weighted by Crippen LogP contribution is -2.49. The highest BCUT2D eigenvalue weighted by Gasteiger charge is 2.57. The average molecular weight is 354 g/mol. The number of anilines is 1. The van der Waals surface area contributed by atoms with E-state index in [2.05, 4.69) is 25.9 Å². The van der Waals surface area contributed by atoms with Gasteiger partial charge in [0.25, 0.3) is 12.3 Å². The number of aromatic nitrogens is 2. The normalized spacial score (nSPS) is 23.4. The standard InChI is InChI=1S/C12H12BrF4N3/c13-9-8(10(14)15)19-7(5-18-9)20-4-3-12(16,17)6-11(20)1-2-11/h5,10H,1-4,6H2. The summed E-state index contributed by atoms with van der Waals surface area (Å²) in [7, 11) is 0. The number of alkyl halides is 4. The molecule has 0 unspecified atom stereocenters. The smallest absolute Gasteiger partial charge is 0.283 e. The molecule has 1 aromatic heterocycles. The molecule has 0 radical (unpaired) electrons. The highest BCUT2D eigenvalue weighted by molar-refractivity contribution is 9.10. The Morgan fingerprint density at radius 3 is 2.55 bits per heavy atom. The highest BCUT2D eigenvalue weighted by Crippen LogP contribution is 2.53. The molecule has 1 aromatic rings. The third-order valence-corrected chi connectivity index (χ3v) is 4.52. The van der Waals surface area contributed by atoms with Gasteiger partial charge in [-0.25, -0.2) is 27.5 Å². The minimum absolute atomic E-state index is 0.0107. The van der Waals surface area contributed by atoms with Crippen LogP contribution < -0.4 is 4.90 Å². The molecule has 0 bridgehead atoms. The van der Waals surface area contributed by atoms with Crippen LogP contribution in [-0.4, -0.2) is 28.0 Å². The molecule has 0 aromatic carbocycles. The van der Waals surface area contributed by atoms with Crippen molar-refractivity contribution in [1.82, 2.24) is 9.97 Å². The maximum atomic E-state index is 13.5. The number of nitrogens with zero attached hydrogens (tertiary/aromatic N) is 3. The zero-order valence-electron chi connectivity index (χ0n) is 10.4. The summed E-state index contributed by atoms with van der Waals surface area (Å²) in [5.41, 5.74) is -1.07. The van der Waals surface area contributed by atoms with Gasteiger partial charge >= 0.3 is 0 Å². The van der Waals surface area contributed by atoms with Crippen LogP contribution >= 0.6 is 15.9 Å². The summed E-state index contributed by atoms with van der Waals surface area (Å²) in [6.07, 6.45) is -0.620. The summed E-state index contributed by atoms with van der Waals surface area (Å²) in [6.45, 7) is 0.117. The van der Waals surface area contributed by atoms with Gasteiger partial charge in [-0.3, -0.25) is 0 Å². The van der Waals surface area contributed by atoms with Crippen molar-refractivity contribution in [1.29, 1.82) is 0 Å². The molecule has 20 heavy (non-hydrogen) atoms. The van der Waals surface area contributed by atoms with E-state index in [9.17, 15) is 17.6 Å². The van der Waals surface area contributed by atoms with Crippen LogP contribution in [0.5, 0.6) is 0 Å². The number of halogens is 5. The van der Waals surface area contributed by atoms with Gasteiger partial charge in [-0.2, -0.15) is 0 Å². The lowest BCUT2D eigenvalue weighted by Gasteiger charge is -2.40. The van der Waals surface area contributed by atoms with E-state index in [4.69, 9.17) is 0 Å². The second-order valence-corrected chi connectivity index (χ2v) is 6.11. The van der Waals surface area contributed by atoms with Crippen molar-refractivity contribution in [2.45, 2.75) is 43.6 Å². The van der Waals surface area contributed by atoms with E-state index in [-0.39, 0.29) is 29.8 Å². The first-order chi connectivity index (χ1) is 9.33. The second kappa shape index (κ2) is 4.54. The van der Waals surface area contributed by atoms with Crippen LogP contribution in [0.3, 0.4) is 0 Å². The van der Waals surface area contributed by atoms with Gasteiger partial charge in [-0.1, -0.05) is 0 Å². The van der Waals surface area contributed by atoms with E-state index in [1.807, 2.05) is 0 Å². The van der Waals surface area contributed by atoms with E-state index in [0.717, 1.165) is 0 Å². The minimum Gasteiger partial charge on any atom is -0.349 e. The molecule has 1 aliphatic heterocycles. The van der Waals surface area contributed by atoms with Gasteiger partial charge in [0.2, 0.25) is 0 Å². The van der Waals surface area contributed by atoms with Crippen LogP contribution in [0.4, 0.5) is 23.4 Å². The maximum Gasteiger partial charge on any atom is 0.283 e. The third-order valence-electron chi connectivity index (χ3n) is 3.91. The zero-order chi connectivity index (χ0) is 14.5. The Balaban J connectivity index is 1.92. The van der Waals surface area contributed by atoms with Crippen molar-refractivity contribution in [3.8, 4) is 0 Å². The molecular formula is C12H12BrF4N3. The van der Waals surface area contributed by atoms with Gasteiger partial charge in [-0.15, -0.1) is 0 Å². The molecule has 0 amide bonds. The molecule has 2 heterocycles.